The lowest BCUT2D eigenvalue weighted by atomic mass is 9.97. The molecule has 2 aromatic carbocycles. The number of aryl methyl sites for hydroxylation is 1. The maximum absolute atomic E-state index is 12.1. The third-order valence-electron chi connectivity index (χ3n) is 4.11. The van der Waals surface area contributed by atoms with Crippen LogP contribution in [-0.4, -0.2) is 20.5 Å². The van der Waals surface area contributed by atoms with Crippen molar-refractivity contribution in [3.8, 4) is 34.3 Å². The zero-order valence-electron chi connectivity index (χ0n) is 14.8. The number of rotatable bonds is 4. The molecule has 0 aliphatic heterocycles. The van der Waals surface area contributed by atoms with E-state index in [1.807, 2.05) is 37.3 Å². The van der Waals surface area contributed by atoms with Gasteiger partial charge < -0.3 is 4.74 Å². The van der Waals surface area contributed by atoms with Gasteiger partial charge in [-0.2, -0.15) is 5.26 Å². The van der Waals surface area contributed by atoms with Gasteiger partial charge in [-0.25, -0.2) is 18.5 Å². The van der Waals surface area contributed by atoms with Crippen LogP contribution in [0.15, 0.2) is 59.5 Å². The highest BCUT2D eigenvalue weighted by atomic mass is 32.2. The Labute approximate surface area is 157 Å². The Morgan fingerprint density at radius 3 is 2.33 bits per heavy atom. The van der Waals surface area contributed by atoms with Crippen LogP contribution in [0.2, 0.25) is 0 Å². The highest BCUT2D eigenvalue weighted by Crippen LogP contribution is 2.37. The van der Waals surface area contributed by atoms with Crippen LogP contribution in [-0.2, 0) is 10.0 Å². The van der Waals surface area contributed by atoms with Crippen LogP contribution >= 0.6 is 0 Å². The van der Waals surface area contributed by atoms with E-state index in [-0.39, 0.29) is 16.3 Å². The molecule has 0 radical (unpaired) electrons. The molecule has 7 heteroatoms. The van der Waals surface area contributed by atoms with Crippen molar-refractivity contribution in [3.05, 3.63) is 65.7 Å². The van der Waals surface area contributed by atoms with Gasteiger partial charge in [0.25, 0.3) is 0 Å². The lowest BCUT2D eigenvalue weighted by molar-refractivity contribution is 0.397. The van der Waals surface area contributed by atoms with Crippen molar-refractivity contribution in [2.24, 2.45) is 5.14 Å². The molecule has 3 aromatic rings. The number of hydrogen-bond acceptors (Lipinski definition) is 5. The normalized spacial score (nSPS) is 11.0. The first kappa shape index (κ1) is 18.6. The van der Waals surface area contributed by atoms with Crippen molar-refractivity contribution in [1.29, 1.82) is 5.26 Å². The second kappa shape index (κ2) is 7.19. The van der Waals surface area contributed by atoms with Crippen molar-refractivity contribution < 1.29 is 13.2 Å². The Kier molecular flexibility index (Phi) is 4.95. The summed E-state index contributed by atoms with van der Waals surface area (Å²) in [6.45, 7) is 1.97. The zero-order valence-corrected chi connectivity index (χ0v) is 15.6. The second-order valence-electron chi connectivity index (χ2n) is 5.96. The molecule has 0 atom stereocenters. The maximum atomic E-state index is 12.1. The van der Waals surface area contributed by atoms with E-state index in [1.165, 1.54) is 13.2 Å². The minimum absolute atomic E-state index is 0.0331. The van der Waals surface area contributed by atoms with Crippen molar-refractivity contribution in [3.63, 3.8) is 0 Å². The molecule has 136 valence electrons. The molecule has 0 aliphatic carbocycles. The van der Waals surface area contributed by atoms with E-state index in [9.17, 15) is 13.7 Å². The standard InChI is InChI=1S/C20H17N3O3S/c1-13-7-9-14(10-8-13)19-17(11-15(12-21)20(23-19)26-2)16-5-3-4-6-18(16)27(22,24)25/h3-11H,1-2H3,(H2,22,24,25). The van der Waals surface area contributed by atoms with Gasteiger partial charge in [0, 0.05) is 16.7 Å². The molecule has 0 saturated heterocycles. The van der Waals surface area contributed by atoms with Crippen LogP contribution in [0.3, 0.4) is 0 Å². The number of sulfonamides is 1. The van der Waals surface area contributed by atoms with Crippen molar-refractivity contribution in [1.82, 2.24) is 4.98 Å². The molecule has 0 amide bonds. The summed E-state index contributed by atoms with van der Waals surface area (Å²) in [6.07, 6.45) is 0. The first-order valence-corrected chi connectivity index (χ1v) is 9.58. The van der Waals surface area contributed by atoms with Gasteiger partial charge in [-0.05, 0) is 19.1 Å². The van der Waals surface area contributed by atoms with Crippen LogP contribution < -0.4 is 9.88 Å². The molecule has 0 bridgehead atoms. The average molecular weight is 379 g/mol. The summed E-state index contributed by atoms with van der Waals surface area (Å²) >= 11 is 0. The summed E-state index contributed by atoms with van der Waals surface area (Å²) in [5, 5.41) is 14.8. The molecule has 0 saturated carbocycles. The lowest BCUT2D eigenvalue weighted by Crippen LogP contribution is -2.13. The summed E-state index contributed by atoms with van der Waals surface area (Å²) in [5.41, 5.74) is 3.41. The van der Waals surface area contributed by atoms with Crippen LogP contribution in [0.4, 0.5) is 0 Å². The molecule has 0 unspecified atom stereocenters. The molecule has 0 aliphatic rings. The van der Waals surface area contributed by atoms with E-state index in [4.69, 9.17) is 9.88 Å². The number of benzene rings is 2. The Bertz CT molecular complexity index is 1150. The van der Waals surface area contributed by atoms with E-state index in [2.05, 4.69) is 4.98 Å². The average Bonchev–Trinajstić information content (AvgIpc) is 2.67. The van der Waals surface area contributed by atoms with Crippen molar-refractivity contribution in [2.75, 3.05) is 7.11 Å². The summed E-state index contributed by atoms with van der Waals surface area (Å²) in [6, 6.07) is 17.6. The summed E-state index contributed by atoms with van der Waals surface area (Å²) in [7, 11) is -2.53. The van der Waals surface area contributed by atoms with Gasteiger partial charge in [0.15, 0.2) is 0 Å². The fraction of sp³-hybridized carbons (Fsp3) is 0.100. The number of ether oxygens (including phenoxy) is 1. The minimum Gasteiger partial charge on any atom is -0.480 e. The summed E-state index contributed by atoms with van der Waals surface area (Å²) < 4.78 is 29.4. The molecule has 6 nitrogen and oxygen atoms in total. The highest BCUT2D eigenvalue weighted by molar-refractivity contribution is 7.89. The van der Waals surface area contributed by atoms with Crippen LogP contribution in [0.1, 0.15) is 11.1 Å². The lowest BCUT2D eigenvalue weighted by Gasteiger charge is -2.15. The third-order valence-corrected chi connectivity index (χ3v) is 5.08. The van der Waals surface area contributed by atoms with Gasteiger partial charge in [-0.1, -0.05) is 48.0 Å². The number of methoxy groups -OCH3 is 1. The third kappa shape index (κ3) is 3.67. The first-order valence-electron chi connectivity index (χ1n) is 8.03. The first-order chi connectivity index (χ1) is 12.8. The second-order valence-corrected chi connectivity index (χ2v) is 7.49. The number of nitrogens with two attached hydrogens (primary N) is 1. The van der Waals surface area contributed by atoms with Gasteiger partial charge in [-0.15, -0.1) is 0 Å². The number of aromatic nitrogens is 1. The van der Waals surface area contributed by atoms with Crippen LogP contribution in [0.5, 0.6) is 5.88 Å². The van der Waals surface area contributed by atoms with Gasteiger partial charge >= 0.3 is 0 Å². The Morgan fingerprint density at radius 2 is 1.74 bits per heavy atom. The monoisotopic (exact) mass is 379 g/mol. The number of pyridine rings is 1. The Balaban J connectivity index is 2.39. The number of hydrogen-bond donors (Lipinski definition) is 1. The van der Waals surface area contributed by atoms with E-state index in [0.29, 0.717) is 16.8 Å². The smallest absolute Gasteiger partial charge is 0.238 e. The van der Waals surface area contributed by atoms with Crippen LogP contribution in [0, 0.1) is 18.3 Å². The maximum Gasteiger partial charge on any atom is 0.238 e. The van der Waals surface area contributed by atoms with Crippen LogP contribution in [0.25, 0.3) is 22.4 Å². The summed E-state index contributed by atoms with van der Waals surface area (Å²) in [4.78, 5) is 4.45. The molecule has 27 heavy (non-hydrogen) atoms. The molecule has 0 spiro atoms. The molecule has 2 N–H and O–H groups in total. The fourth-order valence-corrected chi connectivity index (χ4v) is 3.56. The molecular formula is C20H17N3O3S. The van der Waals surface area contributed by atoms with Gasteiger partial charge in [0.2, 0.25) is 15.9 Å². The topological polar surface area (TPSA) is 106 Å². The predicted octanol–water partition coefficient (Wildman–Crippen LogP) is 3.25. The molecule has 1 aromatic heterocycles. The van der Waals surface area contributed by atoms with E-state index < -0.39 is 10.0 Å². The molecule has 3 rings (SSSR count). The molecular weight excluding hydrogens is 362 g/mol. The zero-order chi connectivity index (χ0) is 19.6. The number of nitrogens with zero attached hydrogens (tertiary/aromatic N) is 2. The van der Waals surface area contributed by atoms with E-state index >= 15 is 0 Å². The minimum atomic E-state index is -3.96. The van der Waals surface area contributed by atoms with Gasteiger partial charge in [0.05, 0.1) is 17.7 Å². The largest absolute Gasteiger partial charge is 0.480 e. The van der Waals surface area contributed by atoms with Gasteiger partial charge in [-0.3, -0.25) is 0 Å². The Hall–Kier alpha value is -3.21. The van der Waals surface area contributed by atoms with E-state index in [0.717, 1.165) is 11.1 Å². The number of primary sulfonamides is 1. The van der Waals surface area contributed by atoms with Gasteiger partial charge in [0.1, 0.15) is 11.6 Å². The van der Waals surface area contributed by atoms with E-state index in [1.54, 1.807) is 24.3 Å². The fourth-order valence-electron chi connectivity index (χ4n) is 2.81. The predicted molar refractivity (Wildman–Crippen MR) is 102 cm³/mol. The SMILES string of the molecule is COc1nc(-c2ccc(C)cc2)c(-c2ccccc2S(N)(=O)=O)cc1C#N. The summed E-state index contributed by atoms with van der Waals surface area (Å²) in [5.74, 6) is 0.171. The molecule has 1 heterocycles. The number of nitriles is 1. The quantitative estimate of drug-likeness (QED) is 0.749. The van der Waals surface area contributed by atoms with Crippen molar-refractivity contribution >= 4 is 10.0 Å². The Morgan fingerprint density at radius 1 is 1.07 bits per heavy atom. The highest BCUT2D eigenvalue weighted by Gasteiger charge is 2.21. The van der Waals surface area contributed by atoms with Crippen molar-refractivity contribution in [2.45, 2.75) is 11.8 Å². The molecule has 0 fully saturated rings.